The van der Waals surface area contributed by atoms with Crippen molar-refractivity contribution in [2.45, 2.75) is 20.8 Å². The highest BCUT2D eigenvalue weighted by atomic mass is 32.2. The Kier molecular flexibility index (Phi) is 8.83. The first-order valence-electron chi connectivity index (χ1n) is 10.9. The molecular formula is C22H12F6N2O12S2. The summed E-state index contributed by atoms with van der Waals surface area (Å²) in [5.74, 6) is -3.97. The minimum Gasteiger partial charge on any atom is -0.465 e. The second-order valence-electron chi connectivity index (χ2n) is 8.06. The van der Waals surface area contributed by atoms with Gasteiger partial charge in [0.2, 0.25) is 11.5 Å². The molecule has 0 radical (unpaired) electrons. The van der Waals surface area contributed by atoms with Crippen LogP contribution in [0.3, 0.4) is 0 Å². The van der Waals surface area contributed by atoms with Gasteiger partial charge in [0, 0.05) is 18.2 Å². The van der Waals surface area contributed by atoms with E-state index in [1.165, 1.54) is 0 Å². The van der Waals surface area contributed by atoms with Crippen LogP contribution in [-0.4, -0.2) is 50.8 Å². The minimum absolute atomic E-state index is 0.0552. The molecule has 3 rings (SSSR count). The third kappa shape index (κ3) is 6.64. The molecule has 3 aromatic carbocycles. The summed E-state index contributed by atoms with van der Waals surface area (Å²) in [6.45, 7) is 0. The summed E-state index contributed by atoms with van der Waals surface area (Å²) in [4.78, 5) is 29.6. The van der Waals surface area contributed by atoms with E-state index in [2.05, 4.69) is 4.74 Å². The topological polar surface area (TPSA) is 199 Å². The predicted molar refractivity (Wildman–Crippen MR) is 131 cm³/mol. The number of methoxy groups -OCH3 is 1. The highest BCUT2D eigenvalue weighted by Gasteiger charge is 2.48. The fourth-order valence-electron chi connectivity index (χ4n) is 3.23. The molecule has 0 bridgehead atoms. The SMILES string of the molecule is COC(=O)c1cc(Oc2ccc(S(=O)(=O)C(F)(F)F)cc2[N+](=O)[O-])cc(Oc2ccc(S(=O)(=O)C(F)(F)F)cc2[N+](=O)[O-])c1. The molecule has 0 aliphatic heterocycles. The lowest BCUT2D eigenvalue weighted by atomic mass is 10.2. The molecule has 0 N–H and O–H groups in total. The summed E-state index contributed by atoms with van der Waals surface area (Å²) in [6, 6.07) is 4.30. The monoisotopic (exact) mass is 674 g/mol. The van der Waals surface area contributed by atoms with E-state index in [1.807, 2.05) is 0 Å². The van der Waals surface area contributed by atoms with Gasteiger partial charge in [-0.2, -0.15) is 26.3 Å². The molecular weight excluding hydrogens is 662 g/mol. The lowest BCUT2D eigenvalue weighted by Crippen LogP contribution is -2.23. The molecule has 236 valence electrons. The van der Waals surface area contributed by atoms with E-state index in [-0.39, 0.29) is 12.1 Å². The van der Waals surface area contributed by atoms with E-state index < -0.39 is 96.2 Å². The number of benzene rings is 3. The average Bonchev–Trinajstić information content (AvgIpc) is 2.91. The van der Waals surface area contributed by atoms with Gasteiger partial charge in [-0.1, -0.05) is 0 Å². The Morgan fingerprint density at radius 2 is 1.05 bits per heavy atom. The van der Waals surface area contributed by atoms with Crippen LogP contribution >= 0.6 is 0 Å². The Hall–Kier alpha value is -4.99. The molecule has 22 heteroatoms. The van der Waals surface area contributed by atoms with Gasteiger partial charge in [0.25, 0.3) is 19.7 Å². The standard InChI is InChI=1S/C22H12F6N2O12S2/c1-40-20(31)11-6-12(41-18-4-2-14(9-16(18)29(32)33)43(36,37)21(23,24)25)8-13(7-11)42-19-5-3-15(10-17(19)30(34)35)44(38,39)22(26,27)28/h2-10H,1H3. The molecule has 0 saturated carbocycles. The van der Waals surface area contributed by atoms with Crippen molar-refractivity contribution >= 4 is 37.0 Å². The number of esters is 1. The van der Waals surface area contributed by atoms with E-state index >= 15 is 0 Å². The summed E-state index contributed by atoms with van der Waals surface area (Å²) in [5.41, 5.74) is -14.6. The third-order valence-electron chi connectivity index (χ3n) is 5.24. The van der Waals surface area contributed by atoms with Gasteiger partial charge in [-0.3, -0.25) is 20.2 Å². The van der Waals surface area contributed by atoms with Crippen molar-refractivity contribution in [3.63, 3.8) is 0 Å². The zero-order chi connectivity index (χ0) is 33.4. The minimum atomic E-state index is -6.01. The first kappa shape index (κ1) is 33.5. The maximum Gasteiger partial charge on any atom is 0.501 e. The van der Waals surface area contributed by atoms with Gasteiger partial charge in [-0.05, 0) is 36.4 Å². The van der Waals surface area contributed by atoms with Gasteiger partial charge in [-0.15, -0.1) is 0 Å². The van der Waals surface area contributed by atoms with E-state index in [4.69, 9.17) is 9.47 Å². The Labute approximate surface area is 240 Å². The molecule has 0 aliphatic rings. The molecule has 0 fully saturated rings. The second-order valence-corrected chi connectivity index (χ2v) is 11.9. The number of nitro groups is 2. The Balaban J connectivity index is 2.12. The molecule has 0 spiro atoms. The summed E-state index contributed by atoms with van der Waals surface area (Å²) >= 11 is 0. The van der Waals surface area contributed by atoms with Gasteiger partial charge >= 0.3 is 28.4 Å². The van der Waals surface area contributed by atoms with Crippen LogP contribution in [0, 0.1) is 20.2 Å². The molecule has 0 atom stereocenters. The van der Waals surface area contributed by atoms with Crippen LogP contribution in [0.2, 0.25) is 0 Å². The number of nitrogens with zero attached hydrogens (tertiary/aromatic N) is 2. The number of nitro benzene ring substituents is 2. The number of hydrogen-bond acceptors (Lipinski definition) is 12. The van der Waals surface area contributed by atoms with Crippen molar-refractivity contribution in [1.82, 2.24) is 0 Å². The zero-order valence-corrected chi connectivity index (χ0v) is 22.7. The maximum absolute atomic E-state index is 12.9. The van der Waals surface area contributed by atoms with Gasteiger partial charge < -0.3 is 14.2 Å². The smallest absolute Gasteiger partial charge is 0.465 e. The second kappa shape index (κ2) is 11.6. The molecule has 0 heterocycles. The van der Waals surface area contributed by atoms with E-state index in [0.717, 1.165) is 25.3 Å². The third-order valence-corrected chi connectivity index (χ3v) is 8.21. The molecule has 3 aromatic rings. The van der Waals surface area contributed by atoms with Crippen molar-refractivity contribution < 1.29 is 72.0 Å². The molecule has 0 aliphatic carbocycles. The lowest BCUT2D eigenvalue weighted by Gasteiger charge is -2.13. The van der Waals surface area contributed by atoms with Crippen LogP contribution in [0.1, 0.15) is 10.4 Å². The van der Waals surface area contributed by atoms with Crippen molar-refractivity contribution in [3.05, 3.63) is 80.4 Å². The number of hydrogen-bond donors (Lipinski definition) is 0. The van der Waals surface area contributed by atoms with E-state index in [1.54, 1.807) is 0 Å². The lowest BCUT2D eigenvalue weighted by molar-refractivity contribution is -0.385. The van der Waals surface area contributed by atoms with Crippen molar-refractivity contribution in [2.75, 3.05) is 7.11 Å². The largest absolute Gasteiger partial charge is 0.501 e. The normalized spacial score (nSPS) is 12.3. The van der Waals surface area contributed by atoms with Crippen molar-refractivity contribution in [2.24, 2.45) is 0 Å². The first-order valence-corrected chi connectivity index (χ1v) is 13.9. The molecule has 44 heavy (non-hydrogen) atoms. The summed E-state index contributed by atoms with van der Waals surface area (Å²) in [6.07, 6.45) is 0. The summed E-state index contributed by atoms with van der Waals surface area (Å²) in [7, 11) is -11.1. The number of sulfone groups is 2. The molecule has 0 amide bonds. The number of ether oxygens (including phenoxy) is 3. The predicted octanol–water partition coefficient (Wildman–Crippen LogP) is 5.46. The number of carbonyl (C=O) groups excluding carboxylic acids is 1. The quantitative estimate of drug-likeness (QED) is 0.120. The summed E-state index contributed by atoms with van der Waals surface area (Å²) in [5, 5.41) is 23.0. The maximum atomic E-state index is 12.9. The zero-order valence-electron chi connectivity index (χ0n) is 21.1. The first-order chi connectivity index (χ1) is 20.1. The highest BCUT2D eigenvalue weighted by molar-refractivity contribution is 7.92. The average molecular weight is 674 g/mol. The van der Waals surface area contributed by atoms with Gasteiger partial charge in [0.05, 0.1) is 32.3 Å². The highest BCUT2D eigenvalue weighted by Crippen LogP contribution is 2.41. The molecule has 14 nitrogen and oxygen atoms in total. The van der Waals surface area contributed by atoms with Gasteiger partial charge in [0.15, 0.2) is 0 Å². The number of rotatable bonds is 9. The van der Waals surface area contributed by atoms with Crippen LogP contribution in [0.4, 0.5) is 37.7 Å². The van der Waals surface area contributed by atoms with Crippen molar-refractivity contribution in [3.8, 4) is 23.0 Å². The number of alkyl halides is 6. The van der Waals surface area contributed by atoms with Crippen LogP contribution in [0.25, 0.3) is 0 Å². The van der Waals surface area contributed by atoms with Gasteiger partial charge in [-0.25, -0.2) is 21.6 Å². The molecule has 0 unspecified atom stereocenters. The van der Waals surface area contributed by atoms with Crippen LogP contribution in [-0.2, 0) is 24.4 Å². The fourth-order valence-corrected chi connectivity index (χ4v) is 4.80. The summed E-state index contributed by atoms with van der Waals surface area (Å²) < 4.78 is 139. The molecule has 0 aromatic heterocycles. The van der Waals surface area contributed by atoms with E-state index in [9.17, 15) is 68.2 Å². The van der Waals surface area contributed by atoms with Crippen LogP contribution < -0.4 is 9.47 Å². The number of carbonyl (C=O) groups is 1. The van der Waals surface area contributed by atoms with Crippen LogP contribution in [0.15, 0.2) is 64.4 Å². The van der Waals surface area contributed by atoms with Gasteiger partial charge in [0.1, 0.15) is 11.5 Å². The van der Waals surface area contributed by atoms with Crippen LogP contribution in [0.5, 0.6) is 23.0 Å². The Bertz CT molecular complexity index is 1770. The Morgan fingerprint density at radius 1 is 0.682 bits per heavy atom. The Morgan fingerprint density at radius 3 is 1.34 bits per heavy atom. The number of halogens is 6. The fraction of sp³-hybridized carbons (Fsp3) is 0.136. The van der Waals surface area contributed by atoms with Crippen molar-refractivity contribution in [1.29, 1.82) is 0 Å². The molecule has 0 saturated heterocycles. The van der Waals surface area contributed by atoms with E-state index in [0.29, 0.717) is 24.3 Å².